The molecule has 0 aromatic heterocycles. The second-order valence-electron chi connectivity index (χ2n) is 4.37. The van der Waals surface area contributed by atoms with Crippen LogP contribution in [0.1, 0.15) is 15.9 Å². The van der Waals surface area contributed by atoms with Gasteiger partial charge in [0.2, 0.25) is 5.91 Å². The fraction of sp³-hybridized carbons (Fsp3) is 0.133. The molecule has 110 valence electrons. The first kappa shape index (κ1) is 15.5. The molecule has 0 spiro atoms. The molecule has 0 bridgehead atoms. The molecule has 6 heteroatoms. The number of primary amides is 1. The number of halogens is 2. The van der Waals surface area contributed by atoms with Crippen LogP contribution < -0.4 is 15.8 Å². The maximum Gasteiger partial charge on any atom is 0.250 e. The van der Waals surface area contributed by atoms with Gasteiger partial charge < -0.3 is 15.8 Å². The van der Waals surface area contributed by atoms with Gasteiger partial charge >= 0.3 is 0 Å². The van der Waals surface area contributed by atoms with Crippen LogP contribution in [0.4, 0.5) is 5.69 Å². The van der Waals surface area contributed by atoms with Crippen molar-refractivity contribution < 1.29 is 9.53 Å². The minimum Gasteiger partial charge on any atom is -0.496 e. The average molecular weight is 325 g/mol. The van der Waals surface area contributed by atoms with Crippen LogP contribution in [0.5, 0.6) is 5.75 Å². The Hall–Kier alpha value is -1.91. The Kier molecular flexibility index (Phi) is 4.94. The minimum atomic E-state index is -0.553. The van der Waals surface area contributed by atoms with Crippen molar-refractivity contribution in [3.05, 3.63) is 57.6 Å². The quantitative estimate of drug-likeness (QED) is 0.881. The fourth-order valence-electron chi connectivity index (χ4n) is 1.91. The molecule has 0 aliphatic rings. The van der Waals surface area contributed by atoms with Crippen LogP contribution in [0, 0.1) is 0 Å². The highest BCUT2D eigenvalue weighted by molar-refractivity contribution is 6.34. The number of nitrogens with two attached hydrogens (primary N) is 1. The number of nitrogens with one attached hydrogen (secondary N) is 1. The van der Waals surface area contributed by atoms with Gasteiger partial charge in [-0.15, -0.1) is 0 Å². The molecule has 0 atom stereocenters. The Morgan fingerprint density at radius 1 is 1.24 bits per heavy atom. The van der Waals surface area contributed by atoms with Gasteiger partial charge in [-0.25, -0.2) is 0 Å². The lowest BCUT2D eigenvalue weighted by Crippen LogP contribution is -2.11. The Morgan fingerprint density at radius 2 is 2.00 bits per heavy atom. The van der Waals surface area contributed by atoms with Gasteiger partial charge in [0.25, 0.3) is 0 Å². The molecule has 2 rings (SSSR count). The molecule has 0 heterocycles. The number of hydrogen-bond acceptors (Lipinski definition) is 3. The minimum absolute atomic E-state index is 0.294. The van der Waals surface area contributed by atoms with Crippen molar-refractivity contribution in [1.29, 1.82) is 0 Å². The lowest BCUT2D eigenvalue weighted by atomic mass is 10.1. The van der Waals surface area contributed by atoms with Gasteiger partial charge in [-0.05, 0) is 36.4 Å². The van der Waals surface area contributed by atoms with Crippen LogP contribution in [-0.4, -0.2) is 13.0 Å². The van der Waals surface area contributed by atoms with E-state index in [1.807, 2.05) is 12.1 Å². The summed E-state index contributed by atoms with van der Waals surface area (Å²) in [6.07, 6.45) is 0. The van der Waals surface area contributed by atoms with Crippen LogP contribution in [0.25, 0.3) is 0 Å². The zero-order chi connectivity index (χ0) is 15.4. The Morgan fingerprint density at radius 3 is 2.62 bits per heavy atom. The van der Waals surface area contributed by atoms with Crippen molar-refractivity contribution in [3.63, 3.8) is 0 Å². The third-order valence-electron chi connectivity index (χ3n) is 2.96. The van der Waals surface area contributed by atoms with E-state index < -0.39 is 5.91 Å². The predicted octanol–water partition coefficient (Wildman–Crippen LogP) is 3.71. The van der Waals surface area contributed by atoms with Crippen LogP contribution in [-0.2, 0) is 6.54 Å². The molecule has 3 N–H and O–H groups in total. The number of methoxy groups -OCH3 is 1. The van der Waals surface area contributed by atoms with E-state index in [0.29, 0.717) is 22.2 Å². The lowest BCUT2D eigenvalue weighted by molar-refractivity contribution is 0.100. The van der Waals surface area contributed by atoms with Gasteiger partial charge in [0.15, 0.2) is 0 Å². The van der Waals surface area contributed by atoms with Crippen LogP contribution in [0.3, 0.4) is 0 Å². The first-order valence-corrected chi connectivity index (χ1v) is 6.92. The van der Waals surface area contributed by atoms with Crippen molar-refractivity contribution in [2.75, 3.05) is 12.4 Å². The second-order valence-corrected chi connectivity index (χ2v) is 5.21. The summed E-state index contributed by atoms with van der Waals surface area (Å²) in [6.45, 7) is 0.510. The van der Waals surface area contributed by atoms with Crippen LogP contribution in [0.15, 0.2) is 36.4 Å². The summed E-state index contributed by atoms with van der Waals surface area (Å²) in [5, 5.41) is 4.14. The van der Waals surface area contributed by atoms with Gasteiger partial charge in [-0.2, -0.15) is 0 Å². The van der Waals surface area contributed by atoms with Crippen LogP contribution in [0.2, 0.25) is 10.0 Å². The second kappa shape index (κ2) is 6.70. The number of rotatable bonds is 5. The van der Waals surface area contributed by atoms with Crippen molar-refractivity contribution >= 4 is 34.8 Å². The van der Waals surface area contributed by atoms with Gasteiger partial charge in [0, 0.05) is 22.8 Å². The van der Waals surface area contributed by atoms with Gasteiger partial charge in [-0.3, -0.25) is 4.79 Å². The normalized spacial score (nSPS) is 10.2. The summed E-state index contributed by atoms with van der Waals surface area (Å²) >= 11 is 12.0. The van der Waals surface area contributed by atoms with E-state index in [9.17, 15) is 4.79 Å². The van der Waals surface area contributed by atoms with Gasteiger partial charge in [0.05, 0.1) is 17.7 Å². The highest BCUT2D eigenvalue weighted by Crippen LogP contribution is 2.25. The molecule has 1 amide bonds. The Labute approximate surface area is 132 Å². The summed E-state index contributed by atoms with van der Waals surface area (Å²) in [6, 6.07) is 10.4. The van der Waals surface area contributed by atoms with Crippen molar-refractivity contribution in [1.82, 2.24) is 0 Å². The lowest BCUT2D eigenvalue weighted by Gasteiger charge is -2.12. The molecule has 21 heavy (non-hydrogen) atoms. The molecule has 2 aromatic carbocycles. The van der Waals surface area contributed by atoms with E-state index in [2.05, 4.69) is 5.32 Å². The SMILES string of the molecule is COc1ccc(Cl)cc1CNc1ccc(C(N)=O)c(Cl)c1. The topological polar surface area (TPSA) is 64.3 Å². The third kappa shape index (κ3) is 3.80. The highest BCUT2D eigenvalue weighted by Gasteiger charge is 2.08. The van der Waals surface area contributed by atoms with E-state index >= 15 is 0 Å². The summed E-state index contributed by atoms with van der Waals surface area (Å²) in [7, 11) is 1.60. The molecular formula is C15H14Cl2N2O2. The number of amides is 1. The van der Waals surface area contributed by atoms with E-state index in [-0.39, 0.29) is 0 Å². The number of ether oxygens (including phenoxy) is 1. The first-order chi connectivity index (χ1) is 10.0. The van der Waals surface area contributed by atoms with Crippen LogP contribution >= 0.6 is 23.2 Å². The maximum atomic E-state index is 11.1. The van der Waals surface area contributed by atoms with E-state index in [1.54, 1.807) is 31.4 Å². The molecule has 0 unspecified atom stereocenters. The number of hydrogen-bond donors (Lipinski definition) is 2. The summed E-state index contributed by atoms with van der Waals surface area (Å²) < 4.78 is 5.28. The van der Waals surface area contributed by atoms with Crippen molar-refractivity contribution in [2.45, 2.75) is 6.54 Å². The monoisotopic (exact) mass is 324 g/mol. The number of benzene rings is 2. The number of carbonyl (C=O) groups is 1. The van der Waals surface area contributed by atoms with Gasteiger partial charge in [-0.1, -0.05) is 23.2 Å². The molecule has 0 fully saturated rings. The van der Waals surface area contributed by atoms with E-state index in [1.165, 1.54) is 0 Å². The van der Waals surface area contributed by atoms with E-state index in [0.717, 1.165) is 17.0 Å². The smallest absolute Gasteiger partial charge is 0.250 e. The predicted molar refractivity (Wildman–Crippen MR) is 85.3 cm³/mol. The van der Waals surface area contributed by atoms with Crippen molar-refractivity contribution in [3.8, 4) is 5.75 Å². The molecule has 0 aliphatic heterocycles. The highest BCUT2D eigenvalue weighted by atomic mass is 35.5. The standard InChI is InChI=1S/C15H14Cl2N2O2/c1-21-14-5-2-10(16)6-9(14)8-19-11-3-4-12(15(18)20)13(17)7-11/h2-7,19H,8H2,1H3,(H2,18,20). The molecule has 2 aromatic rings. The molecular weight excluding hydrogens is 311 g/mol. The summed E-state index contributed by atoms with van der Waals surface area (Å²) in [4.78, 5) is 11.1. The Bertz CT molecular complexity index is 675. The van der Waals surface area contributed by atoms with Gasteiger partial charge in [0.1, 0.15) is 5.75 Å². The van der Waals surface area contributed by atoms with E-state index in [4.69, 9.17) is 33.7 Å². The molecule has 0 radical (unpaired) electrons. The number of carbonyl (C=O) groups excluding carboxylic acids is 1. The molecule has 0 aliphatic carbocycles. The molecule has 0 saturated carbocycles. The molecule has 4 nitrogen and oxygen atoms in total. The zero-order valence-electron chi connectivity index (χ0n) is 11.3. The first-order valence-electron chi connectivity index (χ1n) is 6.17. The fourth-order valence-corrected chi connectivity index (χ4v) is 2.38. The third-order valence-corrected chi connectivity index (χ3v) is 3.51. The molecule has 0 saturated heterocycles. The maximum absolute atomic E-state index is 11.1. The summed E-state index contributed by atoms with van der Waals surface area (Å²) in [5.74, 6) is 0.190. The average Bonchev–Trinajstić information content (AvgIpc) is 2.45. The number of anilines is 1. The zero-order valence-corrected chi connectivity index (χ0v) is 12.8. The summed E-state index contributed by atoms with van der Waals surface area (Å²) in [5.41, 5.74) is 7.19. The Balaban J connectivity index is 2.15. The largest absolute Gasteiger partial charge is 0.496 e. The van der Waals surface area contributed by atoms with Crippen molar-refractivity contribution in [2.24, 2.45) is 5.73 Å².